The predicted molar refractivity (Wildman–Crippen MR) is 88.4 cm³/mol. The van der Waals surface area contributed by atoms with E-state index in [1.165, 1.54) is 0 Å². The molecule has 1 fully saturated rings. The first-order valence-electron chi connectivity index (χ1n) is 7.75. The highest BCUT2D eigenvalue weighted by Crippen LogP contribution is 2.49. The normalized spacial score (nSPS) is 18.8. The maximum absolute atomic E-state index is 10.9. The lowest BCUT2D eigenvalue weighted by molar-refractivity contribution is -0.0431. The Bertz CT molecular complexity index is 720. The van der Waals surface area contributed by atoms with Gasteiger partial charge in [0.05, 0.1) is 13.7 Å². The minimum absolute atomic E-state index is 0.195. The van der Waals surface area contributed by atoms with E-state index in [-0.39, 0.29) is 18.4 Å². The summed E-state index contributed by atoms with van der Waals surface area (Å²) in [6.45, 7) is 0.237. The smallest absolute Gasteiger partial charge is 0.338 e. The SMILES string of the molecule is COc1ccc(C2CC2CN(O)C(N)=O)cc1Oc1ccccc1. The first-order valence-corrected chi connectivity index (χ1v) is 7.75. The Labute approximate surface area is 140 Å². The van der Waals surface area contributed by atoms with Gasteiger partial charge in [-0.1, -0.05) is 24.3 Å². The number of rotatable bonds is 6. The average molecular weight is 328 g/mol. The van der Waals surface area contributed by atoms with E-state index in [1.54, 1.807) is 7.11 Å². The molecule has 0 aliphatic heterocycles. The molecule has 2 unspecified atom stereocenters. The van der Waals surface area contributed by atoms with Gasteiger partial charge in [-0.15, -0.1) is 0 Å². The molecule has 2 aromatic rings. The molecule has 0 radical (unpaired) electrons. The van der Waals surface area contributed by atoms with Crippen molar-refractivity contribution < 1.29 is 19.5 Å². The zero-order chi connectivity index (χ0) is 17.1. The molecular weight excluding hydrogens is 308 g/mol. The number of carbonyl (C=O) groups excluding carboxylic acids is 1. The molecule has 126 valence electrons. The quantitative estimate of drug-likeness (QED) is 0.629. The van der Waals surface area contributed by atoms with Gasteiger partial charge in [-0.3, -0.25) is 5.21 Å². The zero-order valence-corrected chi connectivity index (χ0v) is 13.4. The van der Waals surface area contributed by atoms with Gasteiger partial charge in [-0.05, 0) is 48.1 Å². The second kappa shape index (κ2) is 6.80. The van der Waals surface area contributed by atoms with E-state index in [9.17, 15) is 10.0 Å². The third-order valence-corrected chi connectivity index (χ3v) is 4.17. The Morgan fingerprint density at radius 2 is 2.00 bits per heavy atom. The van der Waals surface area contributed by atoms with Gasteiger partial charge in [0, 0.05) is 0 Å². The number of amides is 2. The molecule has 3 N–H and O–H groups in total. The molecule has 2 atom stereocenters. The van der Waals surface area contributed by atoms with Gasteiger partial charge < -0.3 is 15.2 Å². The minimum atomic E-state index is -0.830. The van der Waals surface area contributed by atoms with Crippen molar-refractivity contribution in [2.45, 2.75) is 12.3 Å². The van der Waals surface area contributed by atoms with Crippen LogP contribution in [0.5, 0.6) is 17.2 Å². The van der Waals surface area contributed by atoms with Crippen LogP contribution >= 0.6 is 0 Å². The van der Waals surface area contributed by atoms with Gasteiger partial charge in [-0.2, -0.15) is 0 Å². The van der Waals surface area contributed by atoms with Crippen molar-refractivity contribution in [1.82, 2.24) is 5.06 Å². The van der Waals surface area contributed by atoms with E-state index in [2.05, 4.69) is 0 Å². The molecule has 6 nitrogen and oxygen atoms in total. The fraction of sp³-hybridized carbons (Fsp3) is 0.278. The monoisotopic (exact) mass is 328 g/mol. The Hall–Kier alpha value is -2.73. The number of hydrogen-bond acceptors (Lipinski definition) is 4. The standard InChI is InChI=1S/C18H20N2O4/c1-23-16-8-7-12(15-9-13(15)11-20(22)18(19)21)10-17(16)24-14-5-3-2-4-6-14/h2-8,10,13,15,22H,9,11H2,1H3,(H2,19,21). The van der Waals surface area contributed by atoms with Crippen LogP contribution in [0.15, 0.2) is 48.5 Å². The summed E-state index contributed by atoms with van der Waals surface area (Å²) < 4.78 is 11.3. The van der Waals surface area contributed by atoms with E-state index in [0.717, 1.165) is 17.7 Å². The zero-order valence-electron chi connectivity index (χ0n) is 13.4. The Balaban J connectivity index is 1.74. The second-order valence-electron chi connectivity index (χ2n) is 5.85. The third-order valence-electron chi connectivity index (χ3n) is 4.17. The van der Waals surface area contributed by atoms with Gasteiger partial charge in [0.2, 0.25) is 0 Å². The summed E-state index contributed by atoms with van der Waals surface area (Å²) in [6, 6.07) is 14.5. The number of nitrogens with zero attached hydrogens (tertiary/aromatic N) is 1. The molecule has 0 spiro atoms. The van der Waals surface area contributed by atoms with E-state index in [4.69, 9.17) is 15.2 Å². The molecule has 1 aliphatic rings. The van der Waals surface area contributed by atoms with Crippen LogP contribution in [0.1, 0.15) is 17.9 Å². The topological polar surface area (TPSA) is 85.0 Å². The second-order valence-corrected chi connectivity index (χ2v) is 5.85. The van der Waals surface area contributed by atoms with Gasteiger partial charge >= 0.3 is 6.03 Å². The summed E-state index contributed by atoms with van der Waals surface area (Å²) in [5, 5.41) is 10.0. The molecule has 6 heteroatoms. The maximum Gasteiger partial charge on any atom is 0.338 e. The van der Waals surface area contributed by atoms with Crippen molar-refractivity contribution in [3.05, 3.63) is 54.1 Å². The molecule has 1 aliphatic carbocycles. The lowest BCUT2D eigenvalue weighted by Crippen LogP contribution is -2.34. The maximum atomic E-state index is 10.9. The number of urea groups is 1. The summed E-state index contributed by atoms with van der Waals surface area (Å²) >= 11 is 0. The fourth-order valence-corrected chi connectivity index (χ4v) is 2.79. The summed E-state index contributed by atoms with van der Waals surface area (Å²) in [4.78, 5) is 10.9. The first-order chi connectivity index (χ1) is 11.6. The van der Waals surface area contributed by atoms with Crippen molar-refractivity contribution in [3.8, 4) is 17.2 Å². The van der Waals surface area contributed by atoms with Crippen molar-refractivity contribution in [2.24, 2.45) is 11.7 Å². The number of nitrogens with two attached hydrogens (primary N) is 1. The van der Waals surface area contributed by atoms with Crippen LogP contribution in [0.4, 0.5) is 4.79 Å². The highest BCUT2D eigenvalue weighted by atomic mass is 16.5. The number of benzene rings is 2. The summed E-state index contributed by atoms with van der Waals surface area (Å²) in [5.74, 6) is 2.49. The van der Waals surface area contributed by atoms with Crippen LogP contribution in [0.3, 0.4) is 0 Å². The third kappa shape index (κ3) is 3.60. The highest BCUT2D eigenvalue weighted by molar-refractivity contribution is 5.70. The largest absolute Gasteiger partial charge is 0.493 e. The number of hydrogen-bond donors (Lipinski definition) is 2. The van der Waals surface area contributed by atoms with Gasteiger partial charge in [0.15, 0.2) is 11.5 Å². The molecule has 0 heterocycles. The van der Waals surface area contributed by atoms with Crippen LogP contribution in [0.2, 0.25) is 0 Å². The molecule has 2 amide bonds. The molecule has 0 aromatic heterocycles. The first kappa shape index (κ1) is 16.1. The number of methoxy groups -OCH3 is 1. The lowest BCUT2D eigenvalue weighted by atomic mass is 10.1. The summed E-state index contributed by atoms with van der Waals surface area (Å²) in [6.07, 6.45) is 0.890. The number of ether oxygens (including phenoxy) is 2. The minimum Gasteiger partial charge on any atom is -0.493 e. The van der Waals surface area contributed by atoms with Crippen molar-refractivity contribution in [1.29, 1.82) is 0 Å². The average Bonchev–Trinajstić information content (AvgIpc) is 3.35. The van der Waals surface area contributed by atoms with Crippen LogP contribution in [0, 0.1) is 5.92 Å². The Kier molecular flexibility index (Phi) is 4.57. The van der Waals surface area contributed by atoms with Crippen LogP contribution < -0.4 is 15.2 Å². The number of carbonyl (C=O) groups is 1. The Morgan fingerprint density at radius 3 is 2.67 bits per heavy atom. The molecule has 0 bridgehead atoms. The van der Waals surface area contributed by atoms with E-state index >= 15 is 0 Å². The number of para-hydroxylation sites is 1. The number of primary amides is 1. The predicted octanol–water partition coefficient (Wildman–Crippen LogP) is 3.36. The lowest BCUT2D eigenvalue weighted by Gasteiger charge is -2.13. The number of hydroxylamine groups is 2. The van der Waals surface area contributed by atoms with Crippen LogP contribution in [-0.2, 0) is 0 Å². The molecule has 2 aromatic carbocycles. The highest BCUT2D eigenvalue weighted by Gasteiger charge is 2.40. The van der Waals surface area contributed by atoms with Crippen molar-refractivity contribution >= 4 is 6.03 Å². The fourth-order valence-electron chi connectivity index (χ4n) is 2.79. The van der Waals surface area contributed by atoms with Crippen LogP contribution in [0.25, 0.3) is 0 Å². The van der Waals surface area contributed by atoms with Gasteiger partial charge in [0.1, 0.15) is 5.75 Å². The van der Waals surface area contributed by atoms with Crippen molar-refractivity contribution in [3.63, 3.8) is 0 Å². The van der Waals surface area contributed by atoms with Crippen molar-refractivity contribution in [2.75, 3.05) is 13.7 Å². The summed E-state index contributed by atoms with van der Waals surface area (Å²) in [5.41, 5.74) is 6.13. The molecule has 24 heavy (non-hydrogen) atoms. The molecule has 0 saturated heterocycles. The van der Waals surface area contributed by atoms with E-state index in [0.29, 0.717) is 16.6 Å². The van der Waals surface area contributed by atoms with Gasteiger partial charge in [-0.25, -0.2) is 9.86 Å². The Morgan fingerprint density at radius 1 is 1.25 bits per heavy atom. The van der Waals surface area contributed by atoms with E-state index < -0.39 is 6.03 Å². The van der Waals surface area contributed by atoms with Crippen LogP contribution in [-0.4, -0.2) is 30.0 Å². The molecular formula is C18H20N2O4. The molecule has 3 rings (SSSR count). The van der Waals surface area contributed by atoms with E-state index in [1.807, 2.05) is 48.5 Å². The van der Waals surface area contributed by atoms with Gasteiger partial charge in [0.25, 0.3) is 0 Å². The summed E-state index contributed by atoms with van der Waals surface area (Å²) in [7, 11) is 1.60. The molecule has 1 saturated carbocycles.